The van der Waals surface area contributed by atoms with Crippen molar-refractivity contribution in [3.05, 3.63) is 26.6 Å². The number of hydrogen-bond donors (Lipinski definition) is 1. The van der Waals surface area contributed by atoms with E-state index in [0.717, 1.165) is 6.42 Å². The Bertz CT molecular complexity index is 507. The molecule has 0 radical (unpaired) electrons. The van der Waals surface area contributed by atoms with E-state index in [9.17, 15) is 9.59 Å². The lowest BCUT2D eigenvalue weighted by Crippen LogP contribution is -2.29. The Hall–Kier alpha value is -1.08. The standard InChI is InChI=1S/C14H16Br2O5/c1-3-5-11(14(19)20-4-2)21-12-9(15)6-8(13(17)18)7-10(12)16/h6-7,11H,3-5H2,1-2H3,(H,17,18). The maximum Gasteiger partial charge on any atom is 0.347 e. The topological polar surface area (TPSA) is 72.8 Å². The molecule has 0 aliphatic rings. The number of carboxylic acids is 1. The van der Waals surface area contributed by atoms with Crippen LogP contribution in [0.4, 0.5) is 0 Å². The van der Waals surface area contributed by atoms with Gasteiger partial charge >= 0.3 is 11.9 Å². The van der Waals surface area contributed by atoms with E-state index < -0.39 is 18.0 Å². The van der Waals surface area contributed by atoms with Gasteiger partial charge in [-0.3, -0.25) is 0 Å². The first-order chi connectivity index (χ1) is 9.90. The minimum atomic E-state index is -1.04. The lowest BCUT2D eigenvalue weighted by molar-refractivity contribution is -0.151. The molecule has 21 heavy (non-hydrogen) atoms. The highest BCUT2D eigenvalue weighted by atomic mass is 79.9. The van der Waals surface area contributed by atoms with Crippen molar-refractivity contribution >= 4 is 43.8 Å². The molecule has 0 fully saturated rings. The molecule has 1 rings (SSSR count). The summed E-state index contributed by atoms with van der Waals surface area (Å²) >= 11 is 6.53. The summed E-state index contributed by atoms with van der Waals surface area (Å²) in [6, 6.07) is 2.85. The van der Waals surface area contributed by atoms with Crippen LogP contribution in [0.15, 0.2) is 21.1 Å². The summed E-state index contributed by atoms with van der Waals surface area (Å²) in [6.45, 7) is 3.95. The Morgan fingerprint density at radius 1 is 1.24 bits per heavy atom. The SMILES string of the molecule is CCCC(Oc1c(Br)cc(C(=O)O)cc1Br)C(=O)OCC. The Labute approximate surface area is 139 Å². The molecular weight excluding hydrogens is 408 g/mol. The predicted molar refractivity (Wildman–Crippen MR) is 84.8 cm³/mol. The molecule has 0 aromatic heterocycles. The molecule has 1 atom stereocenters. The van der Waals surface area contributed by atoms with Gasteiger partial charge in [0.25, 0.3) is 0 Å². The molecule has 0 spiro atoms. The van der Waals surface area contributed by atoms with Crippen LogP contribution in [0.25, 0.3) is 0 Å². The molecule has 0 bridgehead atoms. The van der Waals surface area contributed by atoms with Crippen molar-refractivity contribution in [1.29, 1.82) is 0 Å². The third-order valence-electron chi connectivity index (χ3n) is 2.61. The lowest BCUT2D eigenvalue weighted by Gasteiger charge is -2.19. The molecule has 1 aromatic carbocycles. The van der Waals surface area contributed by atoms with Crippen molar-refractivity contribution in [1.82, 2.24) is 0 Å². The number of ether oxygens (including phenoxy) is 2. The average Bonchev–Trinajstić information content (AvgIpc) is 2.41. The number of hydrogen-bond acceptors (Lipinski definition) is 4. The normalized spacial score (nSPS) is 11.8. The maximum absolute atomic E-state index is 11.9. The fourth-order valence-corrected chi connectivity index (χ4v) is 3.03. The van der Waals surface area contributed by atoms with Gasteiger partial charge in [0.15, 0.2) is 6.10 Å². The first-order valence-electron chi connectivity index (χ1n) is 6.46. The van der Waals surface area contributed by atoms with Crippen molar-refractivity contribution in [3.63, 3.8) is 0 Å². The van der Waals surface area contributed by atoms with Crippen LogP contribution in [0.3, 0.4) is 0 Å². The highest BCUT2D eigenvalue weighted by molar-refractivity contribution is 9.11. The van der Waals surface area contributed by atoms with Crippen molar-refractivity contribution in [2.24, 2.45) is 0 Å². The molecule has 1 aromatic rings. The molecule has 0 saturated carbocycles. The molecule has 7 heteroatoms. The number of aromatic carboxylic acids is 1. The minimum Gasteiger partial charge on any atom is -0.478 e. The second-order valence-corrected chi connectivity index (χ2v) is 5.93. The van der Waals surface area contributed by atoms with E-state index in [-0.39, 0.29) is 12.2 Å². The molecule has 0 aliphatic carbocycles. The van der Waals surface area contributed by atoms with Gasteiger partial charge < -0.3 is 14.6 Å². The Morgan fingerprint density at radius 3 is 2.24 bits per heavy atom. The zero-order valence-electron chi connectivity index (χ0n) is 11.7. The van der Waals surface area contributed by atoms with E-state index in [1.807, 2.05) is 6.92 Å². The van der Waals surface area contributed by atoms with Gasteiger partial charge in [-0.1, -0.05) is 13.3 Å². The number of carboxylic acid groups (broad SMARTS) is 1. The number of halogens is 2. The third-order valence-corrected chi connectivity index (χ3v) is 3.78. The first kappa shape index (κ1) is 18.0. The Balaban J connectivity index is 3.03. The molecule has 0 aliphatic heterocycles. The van der Waals surface area contributed by atoms with Crippen LogP contribution in [0.2, 0.25) is 0 Å². The molecule has 116 valence electrons. The van der Waals surface area contributed by atoms with Crippen LogP contribution >= 0.6 is 31.9 Å². The maximum atomic E-state index is 11.9. The van der Waals surface area contributed by atoms with E-state index in [1.54, 1.807) is 6.92 Å². The number of esters is 1. The number of benzene rings is 1. The summed E-state index contributed by atoms with van der Waals surface area (Å²) in [6.07, 6.45) is 0.544. The van der Waals surface area contributed by atoms with E-state index in [4.69, 9.17) is 14.6 Å². The highest BCUT2D eigenvalue weighted by Crippen LogP contribution is 2.36. The van der Waals surface area contributed by atoms with Crippen LogP contribution in [-0.2, 0) is 9.53 Å². The van der Waals surface area contributed by atoms with Gasteiger partial charge in [-0.2, -0.15) is 0 Å². The van der Waals surface area contributed by atoms with Crippen LogP contribution in [0, 0.1) is 0 Å². The first-order valence-corrected chi connectivity index (χ1v) is 8.04. The molecule has 1 N–H and O–H groups in total. The second-order valence-electron chi connectivity index (χ2n) is 4.22. The quantitative estimate of drug-likeness (QED) is 0.670. The molecular formula is C14H16Br2O5. The third kappa shape index (κ3) is 5.00. The summed E-state index contributed by atoms with van der Waals surface area (Å²) in [4.78, 5) is 22.8. The molecule has 0 amide bonds. The van der Waals surface area contributed by atoms with Gasteiger partial charge in [-0.15, -0.1) is 0 Å². The Kier molecular flexibility index (Phi) is 7.17. The number of carbonyl (C=O) groups excluding carboxylic acids is 1. The van der Waals surface area contributed by atoms with Crippen LogP contribution in [0.1, 0.15) is 37.0 Å². The van der Waals surface area contributed by atoms with Gasteiger partial charge in [-0.25, -0.2) is 9.59 Å². The highest BCUT2D eigenvalue weighted by Gasteiger charge is 2.23. The minimum absolute atomic E-state index is 0.115. The Morgan fingerprint density at radius 2 is 1.81 bits per heavy atom. The van der Waals surface area contributed by atoms with Crippen molar-refractivity contribution < 1.29 is 24.2 Å². The van der Waals surface area contributed by atoms with Crippen molar-refractivity contribution in [2.45, 2.75) is 32.8 Å². The molecule has 1 unspecified atom stereocenters. The van der Waals surface area contributed by atoms with E-state index in [0.29, 0.717) is 21.1 Å². The monoisotopic (exact) mass is 422 g/mol. The molecule has 0 heterocycles. The van der Waals surface area contributed by atoms with Crippen LogP contribution in [-0.4, -0.2) is 29.8 Å². The summed E-state index contributed by atoms with van der Waals surface area (Å²) < 4.78 is 11.6. The largest absolute Gasteiger partial charge is 0.478 e. The lowest BCUT2D eigenvalue weighted by atomic mass is 10.2. The fourth-order valence-electron chi connectivity index (χ4n) is 1.66. The van der Waals surface area contributed by atoms with E-state index >= 15 is 0 Å². The van der Waals surface area contributed by atoms with Gasteiger partial charge in [0.2, 0.25) is 0 Å². The van der Waals surface area contributed by atoms with Gasteiger partial charge in [0.1, 0.15) is 5.75 Å². The van der Waals surface area contributed by atoms with E-state index in [1.165, 1.54) is 12.1 Å². The van der Waals surface area contributed by atoms with Crippen LogP contribution in [0.5, 0.6) is 5.75 Å². The number of rotatable bonds is 7. The second kappa shape index (κ2) is 8.38. The average molecular weight is 424 g/mol. The fraction of sp³-hybridized carbons (Fsp3) is 0.429. The smallest absolute Gasteiger partial charge is 0.347 e. The zero-order valence-corrected chi connectivity index (χ0v) is 14.9. The van der Waals surface area contributed by atoms with Crippen LogP contribution < -0.4 is 4.74 Å². The summed E-state index contributed by atoms with van der Waals surface area (Å²) in [7, 11) is 0. The summed E-state index contributed by atoms with van der Waals surface area (Å²) in [5, 5.41) is 8.99. The zero-order chi connectivity index (χ0) is 16.0. The number of carbonyl (C=O) groups is 2. The van der Waals surface area contributed by atoms with Gasteiger partial charge in [0, 0.05) is 0 Å². The predicted octanol–water partition coefficient (Wildman–Crippen LogP) is 4.02. The van der Waals surface area contributed by atoms with E-state index in [2.05, 4.69) is 31.9 Å². The summed E-state index contributed by atoms with van der Waals surface area (Å²) in [5.41, 5.74) is 0.115. The molecule has 5 nitrogen and oxygen atoms in total. The van der Waals surface area contributed by atoms with Gasteiger partial charge in [-0.05, 0) is 57.3 Å². The van der Waals surface area contributed by atoms with Crippen molar-refractivity contribution in [3.8, 4) is 5.75 Å². The summed E-state index contributed by atoms with van der Waals surface area (Å²) in [5.74, 6) is -1.09. The van der Waals surface area contributed by atoms with Crippen molar-refractivity contribution in [2.75, 3.05) is 6.61 Å². The van der Waals surface area contributed by atoms with Gasteiger partial charge in [0.05, 0.1) is 21.1 Å². The molecule has 0 saturated heterocycles.